The second-order valence-corrected chi connectivity index (χ2v) is 6.88. The fourth-order valence-corrected chi connectivity index (χ4v) is 3.23. The predicted molar refractivity (Wildman–Crippen MR) is 114 cm³/mol. The molecule has 1 fully saturated rings. The van der Waals surface area contributed by atoms with Crippen molar-refractivity contribution in [3.8, 4) is 11.4 Å². The molecule has 2 amide bonds. The Hall–Kier alpha value is -3.45. The molecule has 0 bridgehead atoms. The molecule has 7 heteroatoms. The lowest BCUT2D eigenvalue weighted by molar-refractivity contribution is 0.0985. The lowest BCUT2D eigenvalue weighted by Crippen LogP contribution is -2.44. The van der Waals surface area contributed by atoms with Gasteiger partial charge in [-0.3, -0.25) is 0 Å². The normalized spacial score (nSPS) is 16.3. The zero-order valence-electron chi connectivity index (χ0n) is 16.2. The van der Waals surface area contributed by atoms with Gasteiger partial charge >= 0.3 is 6.03 Å². The van der Waals surface area contributed by atoms with E-state index in [9.17, 15) is 4.79 Å². The first kappa shape index (κ1) is 18.9. The SMILES string of the molecule is C[C@H]1COCCN1c1ccnc(-c2ccc(NC(=O)Nc3ccccc3)cc2)n1. The Morgan fingerprint density at radius 1 is 1.03 bits per heavy atom. The summed E-state index contributed by atoms with van der Waals surface area (Å²) in [5.41, 5.74) is 2.33. The Balaban J connectivity index is 1.44. The van der Waals surface area contributed by atoms with Crippen molar-refractivity contribution >= 4 is 23.2 Å². The lowest BCUT2D eigenvalue weighted by Gasteiger charge is -2.34. The van der Waals surface area contributed by atoms with E-state index in [-0.39, 0.29) is 12.1 Å². The number of hydrogen-bond donors (Lipinski definition) is 2. The van der Waals surface area contributed by atoms with Crippen LogP contribution in [0.3, 0.4) is 0 Å². The van der Waals surface area contributed by atoms with Gasteiger partial charge in [0.2, 0.25) is 0 Å². The van der Waals surface area contributed by atoms with Gasteiger partial charge in [0, 0.05) is 29.7 Å². The third-order valence-corrected chi connectivity index (χ3v) is 4.74. The Morgan fingerprint density at radius 2 is 1.76 bits per heavy atom. The Labute approximate surface area is 169 Å². The van der Waals surface area contributed by atoms with Gasteiger partial charge in [-0.15, -0.1) is 0 Å². The van der Waals surface area contributed by atoms with E-state index in [0.717, 1.165) is 23.6 Å². The van der Waals surface area contributed by atoms with Gasteiger partial charge in [0.25, 0.3) is 0 Å². The molecule has 7 nitrogen and oxygen atoms in total. The smallest absolute Gasteiger partial charge is 0.323 e. The summed E-state index contributed by atoms with van der Waals surface area (Å²) in [5, 5.41) is 5.62. The van der Waals surface area contributed by atoms with Crippen LogP contribution in [-0.2, 0) is 4.74 Å². The average molecular weight is 389 g/mol. The van der Waals surface area contributed by atoms with Crippen molar-refractivity contribution in [1.82, 2.24) is 9.97 Å². The molecule has 0 saturated carbocycles. The van der Waals surface area contributed by atoms with Crippen molar-refractivity contribution in [2.45, 2.75) is 13.0 Å². The molecule has 0 unspecified atom stereocenters. The number of aromatic nitrogens is 2. The van der Waals surface area contributed by atoms with Gasteiger partial charge in [0.1, 0.15) is 5.82 Å². The molecule has 1 aliphatic rings. The van der Waals surface area contributed by atoms with Crippen LogP contribution >= 0.6 is 0 Å². The third kappa shape index (κ3) is 4.70. The minimum absolute atomic E-state index is 0.279. The molecule has 2 heterocycles. The van der Waals surface area contributed by atoms with Crippen molar-refractivity contribution in [1.29, 1.82) is 0 Å². The van der Waals surface area contributed by atoms with Gasteiger partial charge < -0.3 is 20.3 Å². The number of benzene rings is 2. The van der Waals surface area contributed by atoms with Crippen molar-refractivity contribution in [2.24, 2.45) is 0 Å². The van der Waals surface area contributed by atoms with E-state index in [4.69, 9.17) is 9.72 Å². The highest BCUT2D eigenvalue weighted by atomic mass is 16.5. The van der Waals surface area contributed by atoms with Crippen molar-refractivity contribution in [3.63, 3.8) is 0 Å². The molecule has 0 radical (unpaired) electrons. The Morgan fingerprint density at radius 3 is 2.48 bits per heavy atom. The average Bonchev–Trinajstić information content (AvgIpc) is 2.75. The number of nitrogens with one attached hydrogen (secondary N) is 2. The van der Waals surface area contributed by atoms with Crippen molar-refractivity contribution in [2.75, 3.05) is 35.3 Å². The lowest BCUT2D eigenvalue weighted by atomic mass is 10.2. The molecule has 1 aliphatic heterocycles. The molecule has 2 aromatic carbocycles. The van der Waals surface area contributed by atoms with Gasteiger partial charge in [0.15, 0.2) is 5.82 Å². The maximum absolute atomic E-state index is 12.1. The number of urea groups is 1. The molecule has 1 aromatic heterocycles. The second kappa shape index (κ2) is 8.70. The standard InChI is InChI=1S/C22H23N5O2/c1-16-15-29-14-13-27(16)20-11-12-23-21(26-20)17-7-9-19(10-8-17)25-22(28)24-18-5-3-2-4-6-18/h2-12,16H,13-15H2,1H3,(H2,24,25,28)/t16-/m0/s1. The zero-order valence-corrected chi connectivity index (χ0v) is 16.2. The summed E-state index contributed by atoms with van der Waals surface area (Å²) < 4.78 is 5.51. The number of ether oxygens (including phenoxy) is 1. The summed E-state index contributed by atoms with van der Waals surface area (Å²) in [7, 11) is 0. The van der Waals surface area contributed by atoms with E-state index in [1.807, 2.05) is 60.7 Å². The van der Waals surface area contributed by atoms with Crippen molar-refractivity contribution < 1.29 is 9.53 Å². The van der Waals surface area contributed by atoms with Crippen LogP contribution in [-0.4, -0.2) is 41.8 Å². The zero-order chi connectivity index (χ0) is 20.1. The highest BCUT2D eigenvalue weighted by molar-refractivity contribution is 5.99. The van der Waals surface area contributed by atoms with Gasteiger partial charge in [-0.1, -0.05) is 18.2 Å². The fourth-order valence-electron chi connectivity index (χ4n) is 3.23. The molecule has 1 saturated heterocycles. The number of nitrogens with zero attached hydrogens (tertiary/aromatic N) is 3. The van der Waals surface area contributed by atoms with Gasteiger partial charge in [-0.2, -0.15) is 0 Å². The van der Waals surface area contributed by atoms with E-state index >= 15 is 0 Å². The highest BCUT2D eigenvalue weighted by Crippen LogP contribution is 2.22. The van der Waals surface area contributed by atoms with Crippen LogP contribution in [0.25, 0.3) is 11.4 Å². The van der Waals surface area contributed by atoms with Crippen LogP contribution in [0.15, 0.2) is 66.9 Å². The molecular weight excluding hydrogens is 366 g/mol. The molecule has 0 aliphatic carbocycles. The quantitative estimate of drug-likeness (QED) is 0.705. The van der Waals surface area contributed by atoms with Crippen LogP contribution in [0.1, 0.15) is 6.92 Å². The Kier molecular flexibility index (Phi) is 5.67. The number of carbonyl (C=O) groups is 1. The summed E-state index contributed by atoms with van der Waals surface area (Å²) in [6, 6.07) is 18.7. The van der Waals surface area contributed by atoms with E-state index < -0.39 is 0 Å². The Bertz CT molecular complexity index is 962. The van der Waals surface area contributed by atoms with Gasteiger partial charge in [0.05, 0.1) is 19.3 Å². The maximum Gasteiger partial charge on any atom is 0.323 e. The fraction of sp³-hybridized carbons (Fsp3) is 0.227. The molecule has 0 spiro atoms. The summed E-state index contributed by atoms with van der Waals surface area (Å²) in [4.78, 5) is 23.5. The van der Waals surface area contributed by atoms with Gasteiger partial charge in [-0.25, -0.2) is 14.8 Å². The third-order valence-electron chi connectivity index (χ3n) is 4.74. The molecule has 2 N–H and O–H groups in total. The van der Waals surface area contributed by atoms with Gasteiger partial charge in [-0.05, 0) is 49.4 Å². The number of amides is 2. The molecule has 4 rings (SSSR count). The molecule has 1 atom stereocenters. The van der Waals surface area contributed by atoms with Crippen LogP contribution in [0, 0.1) is 0 Å². The van der Waals surface area contributed by atoms with E-state index in [2.05, 4.69) is 27.4 Å². The number of hydrogen-bond acceptors (Lipinski definition) is 5. The van der Waals surface area contributed by atoms with Crippen LogP contribution in [0.4, 0.5) is 22.0 Å². The predicted octanol–water partition coefficient (Wildman–Crippen LogP) is 4.01. The topological polar surface area (TPSA) is 79.4 Å². The summed E-state index contributed by atoms with van der Waals surface area (Å²) >= 11 is 0. The first-order valence-electron chi connectivity index (χ1n) is 9.60. The molecule has 29 heavy (non-hydrogen) atoms. The molecular formula is C22H23N5O2. The number of carbonyl (C=O) groups excluding carboxylic acids is 1. The molecule has 148 valence electrons. The first-order chi connectivity index (χ1) is 14.2. The summed E-state index contributed by atoms with van der Waals surface area (Å²) in [6.45, 7) is 4.35. The van der Waals surface area contributed by atoms with Crippen molar-refractivity contribution in [3.05, 3.63) is 66.9 Å². The first-order valence-corrected chi connectivity index (χ1v) is 9.60. The monoisotopic (exact) mass is 389 g/mol. The minimum atomic E-state index is -0.288. The summed E-state index contributed by atoms with van der Waals surface area (Å²) in [5.74, 6) is 1.55. The highest BCUT2D eigenvalue weighted by Gasteiger charge is 2.20. The van der Waals surface area contributed by atoms with E-state index in [1.165, 1.54) is 0 Å². The summed E-state index contributed by atoms with van der Waals surface area (Å²) in [6.07, 6.45) is 1.78. The number of rotatable bonds is 4. The number of anilines is 3. The second-order valence-electron chi connectivity index (χ2n) is 6.88. The van der Waals surface area contributed by atoms with E-state index in [0.29, 0.717) is 24.7 Å². The molecule has 3 aromatic rings. The largest absolute Gasteiger partial charge is 0.377 e. The number of para-hydroxylation sites is 1. The minimum Gasteiger partial charge on any atom is -0.377 e. The maximum atomic E-state index is 12.1. The van der Waals surface area contributed by atoms with Crippen LogP contribution in [0.2, 0.25) is 0 Å². The van der Waals surface area contributed by atoms with Crippen LogP contribution in [0.5, 0.6) is 0 Å². The van der Waals surface area contributed by atoms with Crippen LogP contribution < -0.4 is 15.5 Å². The van der Waals surface area contributed by atoms with E-state index in [1.54, 1.807) is 6.20 Å². The number of morpholine rings is 1.